The molecule has 1 unspecified atom stereocenters. The van der Waals surface area contributed by atoms with Crippen LogP contribution >= 0.6 is 0 Å². The first-order chi connectivity index (χ1) is 11.8. The van der Waals surface area contributed by atoms with Gasteiger partial charge in [-0.2, -0.15) is 0 Å². The molecule has 0 aliphatic rings. The Bertz CT molecular complexity index is 647. The summed E-state index contributed by atoms with van der Waals surface area (Å²) in [4.78, 5) is 34.1. The van der Waals surface area contributed by atoms with E-state index in [-0.39, 0.29) is 36.7 Å². The molecule has 138 valence electrons. The predicted octanol–water partition coefficient (Wildman–Crippen LogP) is 1.22. The number of aliphatic carboxylic acids is 1. The molecule has 2 N–H and O–H groups in total. The van der Waals surface area contributed by atoms with Gasteiger partial charge < -0.3 is 24.6 Å². The zero-order valence-electron chi connectivity index (χ0n) is 14.1. The number of methoxy groups -OCH3 is 2. The van der Waals surface area contributed by atoms with Gasteiger partial charge in [0.15, 0.2) is 11.5 Å². The zero-order chi connectivity index (χ0) is 19.0. The zero-order valence-corrected chi connectivity index (χ0v) is 14.1. The Labute approximate surface area is 143 Å². The summed E-state index contributed by atoms with van der Waals surface area (Å²) >= 11 is 0. The number of nitrogens with one attached hydrogen (secondary N) is 1. The van der Waals surface area contributed by atoms with Gasteiger partial charge >= 0.3 is 5.97 Å². The molecule has 0 aliphatic heterocycles. The fourth-order valence-electron chi connectivity index (χ4n) is 2.04. The molecule has 1 amide bonds. The molecule has 1 aromatic rings. The number of carbonyl (C=O) groups excluding carboxylic acids is 1. The second-order valence-corrected chi connectivity index (χ2v) is 4.86. The fraction of sp³-hybridized carbons (Fsp3) is 0.467. The lowest BCUT2D eigenvalue weighted by atomic mass is 10.1. The van der Waals surface area contributed by atoms with E-state index in [2.05, 4.69) is 5.32 Å². The maximum Gasteiger partial charge on any atom is 0.326 e. The van der Waals surface area contributed by atoms with Gasteiger partial charge in [0.1, 0.15) is 11.6 Å². The summed E-state index contributed by atoms with van der Waals surface area (Å²) in [6, 6.07) is 0.972. The third-order valence-corrected chi connectivity index (χ3v) is 3.24. The Morgan fingerprint density at radius 3 is 2.48 bits per heavy atom. The van der Waals surface area contributed by atoms with E-state index in [1.165, 1.54) is 14.2 Å². The Balaban J connectivity index is 3.22. The number of ether oxygens (including phenoxy) is 3. The number of carboxylic acids is 1. The van der Waals surface area contributed by atoms with Crippen molar-refractivity contribution < 1.29 is 33.8 Å². The van der Waals surface area contributed by atoms with E-state index in [0.29, 0.717) is 0 Å². The molecule has 0 heterocycles. The van der Waals surface area contributed by atoms with Crippen molar-refractivity contribution in [2.75, 3.05) is 27.4 Å². The van der Waals surface area contributed by atoms with Crippen molar-refractivity contribution in [2.24, 2.45) is 0 Å². The van der Waals surface area contributed by atoms with Gasteiger partial charge in [0.2, 0.25) is 0 Å². The van der Waals surface area contributed by atoms with Crippen LogP contribution in [0.5, 0.6) is 11.5 Å². The van der Waals surface area contributed by atoms with Crippen LogP contribution in [0.25, 0.3) is 0 Å². The van der Waals surface area contributed by atoms with Crippen LogP contribution in [0.15, 0.2) is 12.1 Å². The minimum atomic E-state index is -1.27. The Hall–Kier alpha value is -2.88. The maximum atomic E-state index is 12.4. The van der Waals surface area contributed by atoms with E-state index in [1.54, 1.807) is 6.92 Å². The minimum Gasteiger partial charge on any atom is -0.493 e. The molecule has 1 rings (SSSR count). The van der Waals surface area contributed by atoms with Crippen molar-refractivity contribution in [3.8, 4) is 11.5 Å². The molecule has 1 aromatic carbocycles. The van der Waals surface area contributed by atoms with Crippen molar-refractivity contribution in [1.29, 1.82) is 0 Å². The van der Waals surface area contributed by atoms with Gasteiger partial charge in [0.05, 0.1) is 24.7 Å². The number of rotatable bonds is 10. The fourth-order valence-corrected chi connectivity index (χ4v) is 2.04. The second kappa shape index (κ2) is 9.42. The summed E-state index contributed by atoms with van der Waals surface area (Å²) in [5.74, 6) is -1.94. The van der Waals surface area contributed by atoms with E-state index < -0.39 is 28.5 Å². The molecular formula is C15H20N2O8. The number of amides is 1. The van der Waals surface area contributed by atoms with E-state index in [4.69, 9.17) is 19.3 Å². The van der Waals surface area contributed by atoms with Crippen LogP contribution in [-0.2, 0) is 9.53 Å². The minimum absolute atomic E-state index is 0.0134. The summed E-state index contributed by atoms with van der Waals surface area (Å²) in [6.45, 7) is 2.04. The first kappa shape index (κ1) is 20.2. The lowest BCUT2D eigenvalue weighted by Crippen LogP contribution is -2.41. The highest BCUT2D eigenvalue weighted by atomic mass is 16.6. The molecule has 0 saturated carbocycles. The molecule has 1 atom stereocenters. The lowest BCUT2D eigenvalue weighted by molar-refractivity contribution is -0.385. The van der Waals surface area contributed by atoms with Crippen LogP contribution in [-0.4, -0.2) is 55.4 Å². The topological polar surface area (TPSA) is 137 Å². The average Bonchev–Trinajstić information content (AvgIpc) is 2.57. The summed E-state index contributed by atoms with van der Waals surface area (Å²) in [5, 5.41) is 22.7. The largest absolute Gasteiger partial charge is 0.493 e. The second-order valence-electron chi connectivity index (χ2n) is 4.86. The molecule has 0 bridgehead atoms. The van der Waals surface area contributed by atoms with Gasteiger partial charge in [0, 0.05) is 26.2 Å². The van der Waals surface area contributed by atoms with Crippen molar-refractivity contribution in [1.82, 2.24) is 5.32 Å². The number of nitro groups is 1. The molecule has 10 nitrogen and oxygen atoms in total. The number of hydrogen-bond donors (Lipinski definition) is 2. The van der Waals surface area contributed by atoms with E-state index >= 15 is 0 Å². The van der Waals surface area contributed by atoms with Crippen molar-refractivity contribution in [3.05, 3.63) is 27.8 Å². The van der Waals surface area contributed by atoms with Crippen LogP contribution in [0.4, 0.5) is 5.69 Å². The molecule has 0 saturated heterocycles. The first-order valence-corrected chi connectivity index (χ1v) is 7.37. The van der Waals surface area contributed by atoms with Crippen LogP contribution in [0.3, 0.4) is 0 Å². The van der Waals surface area contributed by atoms with E-state index in [0.717, 1.165) is 12.1 Å². The van der Waals surface area contributed by atoms with Gasteiger partial charge in [0.25, 0.3) is 11.6 Å². The maximum absolute atomic E-state index is 12.4. The first-order valence-electron chi connectivity index (χ1n) is 7.37. The summed E-state index contributed by atoms with van der Waals surface area (Å²) in [5.41, 5.74) is -0.841. The Kier molecular flexibility index (Phi) is 7.60. The van der Waals surface area contributed by atoms with Crippen LogP contribution in [0.2, 0.25) is 0 Å². The monoisotopic (exact) mass is 356 g/mol. The van der Waals surface area contributed by atoms with Gasteiger partial charge in [-0.3, -0.25) is 14.9 Å². The molecule has 10 heteroatoms. The summed E-state index contributed by atoms with van der Waals surface area (Å²) in [7, 11) is 2.72. The molecular weight excluding hydrogens is 336 g/mol. The number of carbonyl (C=O) groups is 2. The van der Waals surface area contributed by atoms with Gasteiger partial charge in [-0.15, -0.1) is 0 Å². The van der Waals surface area contributed by atoms with Crippen LogP contribution in [0, 0.1) is 10.1 Å². The number of nitrogens with zero attached hydrogens (tertiary/aromatic N) is 1. The Morgan fingerprint density at radius 1 is 1.32 bits per heavy atom. The molecule has 0 fully saturated rings. The van der Waals surface area contributed by atoms with Crippen LogP contribution < -0.4 is 14.8 Å². The predicted molar refractivity (Wildman–Crippen MR) is 86.2 cm³/mol. The molecule has 0 radical (unpaired) electrons. The number of hydrogen-bond acceptors (Lipinski definition) is 7. The van der Waals surface area contributed by atoms with E-state index in [9.17, 15) is 19.7 Å². The standard InChI is InChI=1S/C15H20N2O8/c1-4-25-13-8-11(17(21)22)9(7-12(13)24-3)14(18)16-10(15(19)20)5-6-23-2/h7-8,10H,4-6H2,1-3H3,(H,16,18)(H,19,20). The van der Waals surface area contributed by atoms with E-state index in [1.807, 2.05) is 0 Å². The number of carboxylic acid groups (broad SMARTS) is 1. The third kappa shape index (κ3) is 5.31. The normalized spacial score (nSPS) is 11.5. The van der Waals surface area contributed by atoms with Crippen molar-refractivity contribution >= 4 is 17.6 Å². The molecule has 0 aliphatic carbocycles. The smallest absolute Gasteiger partial charge is 0.326 e. The molecule has 0 aromatic heterocycles. The number of nitro benzene ring substituents is 1. The molecule has 0 spiro atoms. The highest BCUT2D eigenvalue weighted by Gasteiger charge is 2.28. The SMILES string of the molecule is CCOc1cc([N+](=O)[O-])c(C(=O)NC(CCOC)C(=O)O)cc1OC. The summed E-state index contributed by atoms with van der Waals surface area (Å²) in [6.07, 6.45) is 0.0134. The van der Waals surface area contributed by atoms with Crippen molar-refractivity contribution in [2.45, 2.75) is 19.4 Å². The average molecular weight is 356 g/mol. The quantitative estimate of drug-likeness (QED) is 0.471. The van der Waals surface area contributed by atoms with Gasteiger partial charge in [-0.05, 0) is 6.92 Å². The van der Waals surface area contributed by atoms with Crippen LogP contribution in [0.1, 0.15) is 23.7 Å². The third-order valence-electron chi connectivity index (χ3n) is 3.24. The Morgan fingerprint density at radius 2 is 2.00 bits per heavy atom. The highest BCUT2D eigenvalue weighted by Crippen LogP contribution is 2.34. The summed E-state index contributed by atoms with van der Waals surface area (Å²) < 4.78 is 15.1. The lowest BCUT2D eigenvalue weighted by Gasteiger charge is -2.15. The van der Waals surface area contributed by atoms with Gasteiger partial charge in [-0.25, -0.2) is 4.79 Å². The molecule has 25 heavy (non-hydrogen) atoms. The van der Waals surface area contributed by atoms with Crippen molar-refractivity contribution in [3.63, 3.8) is 0 Å². The van der Waals surface area contributed by atoms with Gasteiger partial charge in [-0.1, -0.05) is 0 Å². The number of benzene rings is 1. The highest BCUT2D eigenvalue weighted by molar-refractivity contribution is 6.00.